The van der Waals surface area contributed by atoms with Gasteiger partial charge in [-0.2, -0.15) is 0 Å². The SMILES string of the molecule is CC(CCCC(=O)O)COc1ccc(F)cc1. The van der Waals surface area contributed by atoms with Crippen LogP contribution in [-0.2, 0) is 4.79 Å². The lowest BCUT2D eigenvalue weighted by atomic mass is 10.1. The van der Waals surface area contributed by atoms with Crippen molar-refractivity contribution in [3.63, 3.8) is 0 Å². The van der Waals surface area contributed by atoms with Crippen molar-refractivity contribution >= 4 is 5.97 Å². The van der Waals surface area contributed by atoms with Gasteiger partial charge in [-0.1, -0.05) is 6.92 Å². The van der Waals surface area contributed by atoms with Gasteiger partial charge in [-0.25, -0.2) is 4.39 Å². The first kappa shape index (κ1) is 13.5. The highest BCUT2D eigenvalue weighted by Crippen LogP contribution is 2.14. The van der Waals surface area contributed by atoms with Crippen molar-refractivity contribution in [1.82, 2.24) is 0 Å². The van der Waals surface area contributed by atoms with Gasteiger partial charge in [-0.3, -0.25) is 4.79 Å². The summed E-state index contributed by atoms with van der Waals surface area (Å²) in [5, 5.41) is 8.49. The average molecular weight is 240 g/mol. The van der Waals surface area contributed by atoms with E-state index in [0.29, 0.717) is 24.7 Å². The number of rotatable bonds is 7. The summed E-state index contributed by atoms with van der Waals surface area (Å²) >= 11 is 0. The van der Waals surface area contributed by atoms with Crippen LogP contribution in [0.5, 0.6) is 5.75 Å². The molecule has 1 rings (SSSR count). The molecule has 0 aromatic heterocycles. The molecule has 0 aliphatic heterocycles. The van der Waals surface area contributed by atoms with Gasteiger partial charge in [0.25, 0.3) is 0 Å². The van der Waals surface area contributed by atoms with E-state index in [1.165, 1.54) is 12.1 Å². The zero-order chi connectivity index (χ0) is 12.7. The van der Waals surface area contributed by atoms with Gasteiger partial charge >= 0.3 is 5.97 Å². The number of halogens is 1. The minimum Gasteiger partial charge on any atom is -0.493 e. The number of hydrogen-bond donors (Lipinski definition) is 1. The lowest BCUT2D eigenvalue weighted by molar-refractivity contribution is -0.137. The quantitative estimate of drug-likeness (QED) is 0.796. The zero-order valence-corrected chi connectivity index (χ0v) is 9.86. The second-order valence-corrected chi connectivity index (χ2v) is 4.16. The molecule has 0 fully saturated rings. The Kier molecular flexibility index (Phi) is 5.46. The molecule has 94 valence electrons. The van der Waals surface area contributed by atoms with Gasteiger partial charge < -0.3 is 9.84 Å². The Balaban J connectivity index is 2.21. The Morgan fingerprint density at radius 3 is 2.65 bits per heavy atom. The van der Waals surface area contributed by atoms with Gasteiger partial charge in [0.05, 0.1) is 6.61 Å². The summed E-state index contributed by atoms with van der Waals surface area (Å²) in [4.78, 5) is 10.3. The lowest BCUT2D eigenvalue weighted by Gasteiger charge is -2.12. The molecule has 1 aromatic carbocycles. The van der Waals surface area contributed by atoms with Gasteiger partial charge in [0.1, 0.15) is 11.6 Å². The summed E-state index contributed by atoms with van der Waals surface area (Å²) < 4.78 is 18.1. The van der Waals surface area contributed by atoms with E-state index < -0.39 is 5.97 Å². The monoisotopic (exact) mass is 240 g/mol. The fourth-order valence-corrected chi connectivity index (χ4v) is 1.45. The molecule has 17 heavy (non-hydrogen) atoms. The molecule has 0 bridgehead atoms. The summed E-state index contributed by atoms with van der Waals surface area (Å²) in [6, 6.07) is 5.87. The molecule has 0 aliphatic rings. The molecule has 1 aromatic rings. The maximum absolute atomic E-state index is 12.6. The third kappa shape index (κ3) is 5.90. The number of hydrogen-bond acceptors (Lipinski definition) is 2. The molecular weight excluding hydrogens is 223 g/mol. The van der Waals surface area contributed by atoms with Crippen molar-refractivity contribution in [3.8, 4) is 5.75 Å². The Morgan fingerprint density at radius 1 is 1.41 bits per heavy atom. The fourth-order valence-electron chi connectivity index (χ4n) is 1.45. The van der Waals surface area contributed by atoms with Gasteiger partial charge in [0.15, 0.2) is 0 Å². The Bertz CT molecular complexity index is 348. The van der Waals surface area contributed by atoms with Crippen LogP contribution >= 0.6 is 0 Å². The highest BCUT2D eigenvalue weighted by atomic mass is 19.1. The molecule has 0 saturated heterocycles. The van der Waals surface area contributed by atoms with Crippen LogP contribution in [0.1, 0.15) is 26.2 Å². The van der Waals surface area contributed by atoms with Crippen LogP contribution in [0, 0.1) is 11.7 Å². The molecular formula is C13H17FO3. The van der Waals surface area contributed by atoms with Crippen molar-refractivity contribution in [2.75, 3.05) is 6.61 Å². The molecule has 4 heteroatoms. The number of benzene rings is 1. The maximum atomic E-state index is 12.6. The van der Waals surface area contributed by atoms with Crippen molar-refractivity contribution in [2.24, 2.45) is 5.92 Å². The smallest absolute Gasteiger partial charge is 0.303 e. The summed E-state index contributed by atoms with van der Waals surface area (Å²) in [5.41, 5.74) is 0. The normalized spacial score (nSPS) is 12.1. The first-order valence-corrected chi connectivity index (χ1v) is 5.68. The second kappa shape index (κ2) is 6.89. The van der Waals surface area contributed by atoms with Gasteiger partial charge in [-0.05, 0) is 43.0 Å². The van der Waals surface area contributed by atoms with E-state index in [4.69, 9.17) is 9.84 Å². The average Bonchev–Trinajstić information content (AvgIpc) is 2.28. The summed E-state index contributed by atoms with van der Waals surface area (Å²) in [7, 11) is 0. The van der Waals surface area contributed by atoms with Crippen LogP contribution in [0.15, 0.2) is 24.3 Å². The van der Waals surface area contributed by atoms with E-state index in [1.807, 2.05) is 6.92 Å². The van der Waals surface area contributed by atoms with Crippen molar-refractivity contribution in [1.29, 1.82) is 0 Å². The number of aliphatic carboxylic acids is 1. The van der Waals surface area contributed by atoms with E-state index >= 15 is 0 Å². The maximum Gasteiger partial charge on any atom is 0.303 e. The van der Waals surface area contributed by atoms with Crippen LogP contribution < -0.4 is 4.74 Å². The second-order valence-electron chi connectivity index (χ2n) is 4.16. The molecule has 3 nitrogen and oxygen atoms in total. The van der Waals surface area contributed by atoms with Gasteiger partial charge in [0, 0.05) is 6.42 Å². The molecule has 0 aliphatic carbocycles. The van der Waals surface area contributed by atoms with Crippen molar-refractivity contribution < 1.29 is 19.0 Å². The molecule has 0 saturated carbocycles. The van der Waals surface area contributed by atoms with Crippen molar-refractivity contribution in [2.45, 2.75) is 26.2 Å². The van der Waals surface area contributed by atoms with E-state index in [0.717, 1.165) is 6.42 Å². The number of carboxylic acid groups (broad SMARTS) is 1. The van der Waals surface area contributed by atoms with Gasteiger partial charge in [-0.15, -0.1) is 0 Å². The highest BCUT2D eigenvalue weighted by Gasteiger charge is 2.05. The first-order valence-electron chi connectivity index (χ1n) is 5.68. The minimum atomic E-state index is -0.767. The van der Waals surface area contributed by atoms with Crippen LogP contribution in [0.2, 0.25) is 0 Å². The third-order valence-corrected chi connectivity index (χ3v) is 2.44. The number of ether oxygens (including phenoxy) is 1. The molecule has 0 spiro atoms. The standard InChI is InChI=1S/C13H17FO3/c1-10(3-2-4-13(15)16)9-17-12-7-5-11(14)6-8-12/h5-8,10H,2-4,9H2,1H3,(H,15,16). The summed E-state index contributed by atoms with van der Waals surface area (Å²) in [6.45, 7) is 2.52. The van der Waals surface area contributed by atoms with Crippen LogP contribution in [0.4, 0.5) is 4.39 Å². The lowest BCUT2D eigenvalue weighted by Crippen LogP contribution is -2.09. The molecule has 0 amide bonds. The Labute approximate surface area is 100 Å². The van der Waals surface area contributed by atoms with Gasteiger partial charge in [0.2, 0.25) is 0 Å². The zero-order valence-electron chi connectivity index (χ0n) is 9.86. The predicted molar refractivity (Wildman–Crippen MR) is 62.5 cm³/mol. The van der Waals surface area contributed by atoms with Crippen molar-refractivity contribution in [3.05, 3.63) is 30.1 Å². The molecule has 1 N–H and O–H groups in total. The Morgan fingerprint density at radius 2 is 2.06 bits per heavy atom. The van der Waals surface area contributed by atoms with E-state index in [1.54, 1.807) is 12.1 Å². The summed E-state index contributed by atoms with van der Waals surface area (Å²) in [6.07, 6.45) is 1.66. The third-order valence-electron chi connectivity index (χ3n) is 2.44. The molecule has 1 unspecified atom stereocenters. The predicted octanol–water partition coefficient (Wildman–Crippen LogP) is 3.10. The van der Waals surface area contributed by atoms with E-state index in [-0.39, 0.29) is 12.2 Å². The topological polar surface area (TPSA) is 46.5 Å². The molecule has 1 atom stereocenters. The largest absolute Gasteiger partial charge is 0.493 e. The van der Waals surface area contributed by atoms with Crippen LogP contribution in [0.3, 0.4) is 0 Å². The highest BCUT2D eigenvalue weighted by molar-refractivity contribution is 5.66. The number of carbonyl (C=O) groups is 1. The number of carboxylic acids is 1. The summed E-state index contributed by atoms with van der Waals surface area (Å²) in [5.74, 6) is -0.126. The van der Waals surface area contributed by atoms with Crippen LogP contribution in [0.25, 0.3) is 0 Å². The van der Waals surface area contributed by atoms with Crippen LogP contribution in [-0.4, -0.2) is 17.7 Å². The fraction of sp³-hybridized carbons (Fsp3) is 0.462. The molecule has 0 radical (unpaired) electrons. The minimum absolute atomic E-state index is 0.195. The Hall–Kier alpha value is -1.58. The first-order chi connectivity index (χ1) is 8.08. The van der Waals surface area contributed by atoms with E-state index in [9.17, 15) is 9.18 Å². The molecule has 0 heterocycles. The van der Waals surface area contributed by atoms with E-state index in [2.05, 4.69) is 0 Å².